The van der Waals surface area contributed by atoms with Crippen molar-refractivity contribution in [3.63, 3.8) is 0 Å². The molecule has 2 nitrogen and oxygen atoms in total. The third kappa shape index (κ3) is 3.44. The average Bonchev–Trinajstić information content (AvgIpc) is 2.72. The van der Waals surface area contributed by atoms with Gasteiger partial charge < -0.3 is 10.2 Å². The van der Waals surface area contributed by atoms with E-state index in [0.717, 1.165) is 11.6 Å². The van der Waals surface area contributed by atoms with E-state index in [0.29, 0.717) is 12.1 Å². The van der Waals surface area contributed by atoms with Gasteiger partial charge in [-0.3, -0.25) is 0 Å². The summed E-state index contributed by atoms with van der Waals surface area (Å²) in [6.45, 7) is 4.49. The monoisotopic (exact) mass is 252 g/mol. The molecular formula is C14H21ClN2. The molecule has 1 aromatic rings. The van der Waals surface area contributed by atoms with E-state index in [2.05, 4.69) is 30.3 Å². The van der Waals surface area contributed by atoms with E-state index in [4.69, 9.17) is 11.6 Å². The second-order valence-electron chi connectivity index (χ2n) is 4.96. The Morgan fingerprint density at radius 2 is 2.35 bits per heavy atom. The Hall–Kier alpha value is -0.570. The highest BCUT2D eigenvalue weighted by Gasteiger charge is 2.20. The van der Waals surface area contributed by atoms with Crippen molar-refractivity contribution in [1.29, 1.82) is 0 Å². The molecule has 1 saturated heterocycles. The number of benzene rings is 1. The predicted octanol–water partition coefficient (Wildman–Crippen LogP) is 3.08. The summed E-state index contributed by atoms with van der Waals surface area (Å²) in [7, 11) is 2.21. The lowest BCUT2D eigenvalue weighted by Gasteiger charge is -2.22. The Bertz CT molecular complexity index is 367. The molecule has 2 rings (SSSR count). The van der Waals surface area contributed by atoms with E-state index in [1.54, 1.807) is 0 Å². The van der Waals surface area contributed by atoms with Gasteiger partial charge in [0.15, 0.2) is 0 Å². The van der Waals surface area contributed by atoms with Crippen LogP contribution in [0.3, 0.4) is 0 Å². The fourth-order valence-electron chi connectivity index (χ4n) is 2.44. The van der Waals surface area contributed by atoms with Crippen LogP contribution in [0.1, 0.15) is 31.4 Å². The largest absolute Gasteiger partial charge is 0.309 e. The lowest BCUT2D eigenvalue weighted by atomic mass is 10.1. The SMILES string of the molecule is CC(NCC1CCCN1C)c1cccc(Cl)c1. The summed E-state index contributed by atoms with van der Waals surface area (Å²) in [5, 5.41) is 4.41. The fraction of sp³-hybridized carbons (Fsp3) is 0.571. The molecule has 1 aromatic carbocycles. The van der Waals surface area contributed by atoms with Crippen molar-refractivity contribution in [1.82, 2.24) is 10.2 Å². The molecule has 1 aliphatic heterocycles. The van der Waals surface area contributed by atoms with Crippen LogP contribution < -0.4 is 5.32 Å². The summed E-state index contributed by atoms with van der Waals surface area (Å²) in [6.07, 6.45) is 2.64. The van der Waals surface area contributed by atoms with Crippen LogP contribution in [0.15, 0.2) is 24.3 Å². The number of hydrogen-bond donors (Lipinski definition) is 1. The maximum absolute atomic E-state index is 6.00. The molecule has 0 amide bonds. The zero-order valence-electron chi connectivity index (χ0n) is 10.6. The fourth-order valence-corrected chi connectivity index (χ4v) is 2.64. The Balaban J connectivity index is 1.86. The van der Waals surface area contributed by atoms with Gasteiger partial charge in [0, 0.05) is 23.7 Å². The van der Waals surface area contributed by atoms with Crippen LogP contribution in [0.25, 0.3) is 0 Å². The Morgan fingerprint density at radius 1 is 1.53 bits per heavy atom. The molecule has 0 aromatic heterocycles. The minimum atomic E-state index is 0.364. The van der Waals surface area contributed by atoms with Gasteiger partial charge in [-0.15, -0.1) is 0 Å². The third-order valence-corrected chi connectivity index (χ3v) is 3.91. The van der Waals surface area contributed by atoms with Gasteiger partial charge in [0.2, 0.25) is 0 Å². The lowest BCUT2D eigenvalue weighted by molar-refractivity contribution is 0.293. The first-order valence-corrected chi connectivity index (χ1v) is 6.73. The van der Waals surface area contributed by atoms with Crippen molar-refractivity contribution in [2.45, 2.75) is 31.8 Å². The molecule has 1 heterocycles. The van der Waals surface area contributed by atoms with Crippen molar-refractivity contribution in [2.24, 2.45) is 0 Å². The molecule has 0 spiro atoms. The van der Waals surface area contributed by atoms with Crippen LogP contribution in [0.4, 0.5) is 0 Å². The minimum absolute atomic E-state index is 0.364. The number of hydrogen-bond acceptors (Lipinski definition) is 2. The molecule has 0 saturated carbocycles. The lowest BCUT2D eigenvalue weighted by Crippen LogP contribution is -2.36. The highest BCUT2D eigenvalue weighted by molar-refractivity contribution is 6.30. The Labute approximate surface area is 109 Å². The molecule has 0 aliphatic carbocycles. The van der Waals surface area contributed by atoms with Crippen molar-refractivity contribution >= 4 is 11.6 Å². The van der Waals surface area contributed by atoms with Crippen molar-refractivity contribution in [2.75, 3.05) is 20.1 Å². The van der Waals surface area contributed by atoms with Gasteiger partial charge in [-0.05, 0) is 51.1 Å². The molecule has 1 aliphatic rings. The number of halogens is 1. The van der Waals surface area contributed by atoms with Crippen LogP contribution in [0.2, 0.25) is 5.02 Å². The molecule has 1 N–H and O–H groups in total. The van der Waals surface area contributed by atoms with Crippen LogP contribution >= 0.6 is 11.6 Å². The van der Waals surface area contributed by atoms with Crippen molar-refractivity contribution in [3.8, 4) is 0 Å². The van der Waals surface area contributed by atoms with Crippen molar-refractivity contribution < 1.29 is 0 Å². The second kappa shape index (κ2) is 5.85. The van der Waals surface area contributed by atoms with E-state index in [9.17, 15) is 0 Å². The quantitative estimate of drug-likeness (QED) is 0.886. The standard InChI is InChI=1S/C14H21ClN2/c1-11(12-5-3-6-13(15)9-12)16-10-14-7-4-8-17(14)2/h3,5-6,9,11,14,16H,4,7-8,10H2,1-2H3. The van der Waals surface area contributed by atoms with E-state index < -0.39 is 0 Å². The van der Waals surface area contributed by atoms with Crippen LogP contribution in [0, 0.1) is 0 Å². The molecule has 0 radical (unpaired) electrons. The summed E-state index contributed by atoms with van der Waals surface area (Å²) in [6, 6.07) is 9.15. The molecule has 3 heteroatoms. The number of nitrogens with zero attached hydrogens (tertiary/aromatic N) is 1. The first-order valence-electron chi connectivity index (χ1n) is 6.36. The summed E-state index contributed by atoms with van der Waals surface area (Å²) in [5.74, 6) is 0. The highest BCUT2D eigenvalue weighted by Crippen LogP contribution is 2.19. The third-order valence-electron chi connectivity index (χ3n) is 3.68. The maximum atomic E-state index is 6.00. The van der Waals surface area contributed by atoms with Crippen LogP contribution in [-0.2, 0) is 0 Å². The Kier molecular flexibility index (Phi) is 4.43. The second-order valence-corrected chi connectivity index (χ2v) is 5.40. The van der Waals surface area contributed by atoms with E-state index >= 15 is 0 Å². The van der Waals surface area contributed by atoms with Gasteiger partial charge in [0.05, 0.1) is 0 Å². The Morgan fingerprint density at radius 3 is 3.00 bits per heavy atom. The van der Waals surface area contributed by atoms with Gasteiger partial charge in [-0.2, -0.15) is 0 Å². The maximum Gasteiger partial charge on any atom is 0.0409 e. The van der Waals surface area contributed by atoms with E-state index in [1.807, 2.05) is 18.2 Å². The molecule has 0 bridgehead atoms. The summed E-state index contributed by atoms with van der Waals surface area (Å²) in [4.78, 5) is 2.44. The van der Waals surface area contributed by atoms with Gasteiger partial charge >= 0.3 is 0 Å². The van der Waals surface area contributed by atoms with E-state index in [-0.39, 0.29) is 0 Å². The molecule has 17 heavy (non-hydrogen) atoms. The molecular weight excluding hydrogens is 232 g/mol. The average molecular weight is 253 g/mol. The minimum Gasteiger partial charge on any atom is -0.309 e. The smallest absolute Gasteiger partial charge is 0.0409 e. The molecule has 1 fully saturated rings. The first-order chi connectivity index (χ1) is 8.16. The summed E-state index contributed by atoms with van der Waals surface area (Å²) in [5.41, 5.74) is 1.26. The zero-order chi connectivity index (χ0) is 12.3. The van der Waals surface area contributed by atoms with Crippen LogP contribution in [-0.4, -0.2) is 31.1 Å². The molecule has 2 atom stereocenters. The van der Waals surface area contributed by atoms with Gasteiger partial charge in [0.25, 0.3) is 0 Å². The first kappa shape index (κ1) is 12.9. The normalized spacial score (nSPS) is 22.9. The van der Waals surface area contributed by atoms with Crippen molar-refractivity contribution in [3.05, 3.63) is 34.9 Å². The number of likely N-dealkylation sites (N-methyl/N-ethyl adjacent to an activating group) is 1. The topological polar surface area (TPSA) is 15.3 Å². The van der Waals surface area contributed by atoms with Gasteiger partial charge in [-0.1, -0.05) is 23.7 Å². The highest BCUT2D eigenvalue weighted by atomic mass is 35.5. The van der Waals surface area contributed by atoms with Gasteiger partial charge in [0.1, 0.15) is 0 Å². The predicted molar refractivity (Wildman–Crippen MR) is 73.5 cm³/mol. The number of likely N-dealkylation sites (tertiary alicyclic amines) is 1. The van der Waals surface area contributed by atoms with Gasteiger partial charge in [-0.25, -0.2) is 0 Å². The number of rotatable bonds is 4. The molecule has 94 valence electrons. The molecule has 2 unspecified atom stereocenters. The summed E-state index contributed by atoms with van der Waals surface area (Å²) < 4.78 is 0. The zero-order valence-corrected chi connectivity index (χ0v) is 11.4. The number of nitrogens with one attached hydrogen (secondary N) is 1. The van der Waals surface area contributed by atoms with E-state index in [1.165, 1.54) is 24.9 Å². The summed E-state index contributed by atoms with van der Waals surface area (Å²) >= 11 is 6.00. The van der Waals surface area contributed by atoms with Crippen LogP contribution in [0.5, 0.6) is 0 Å².